The molecular weight excluding hydrogens is 325 g/mol. The second-order valence-electron chi connectivity index (χ2n) is 5.64. The summed E-state index contributed by atoms with van der Waals surface area (Å²) >= 11 is 5.85. The molecule has 0 saturated heterocycles. The fourth-order valence-corrected chi connectivity index (χ4v) is 1.98. The Bertz CT molecular complexity index is 504. The van der Waals surface area contributed by atoms with E-state index >= 15 is 0 Å². The second-order valence-corrected chi connectivity index (χ2v) is 6.08. The quantitative estimate of drug-likeness (QED) is 0.737. The van der Waals surface area contributed by atoms with Crippen LogP contribution in [0, 0.1) is 0 Å². The highest BCUT2D eigenvalue weighted by Gasteiger charge is 2.22. The van der Waals surface area contributed by atoms with Gasteiger partial charge < -0.3 is 16.4 Å². The Hall–Kier alpha value is -1.30. The molecule has 0 heterocycles. The topological polar surface area (TPSA) is 84.2 Å². The summed E-state index contributed by atoms with van der Waals surface area (Å²) in [4.78, 5) is 23.4. The molecule has 0 aliphatic rings. The van der Waals surface area contributed by atoms with Crippen LogP contribution in [-0.4, -0.2) is 23.9 Å². The van der Waals surface area contributed by atoms with E-state index in [4.69, 9.17) is 17.3 Å². The van der Waals surface area contributed by atoms with Gasteiger partial charge in [-0.1, -0.05) is 23.7 Å². The van der Waals surface area contributed by atoms with Gasteiger partial charge in [0.05, 0.1) is 12.5 Å². The molecule has 0 aliphatic carbocycles. The Morgan fingerprint density at radius 2 is 1.82 bits per heavy atom. The summed E-state index contributed by atoms with van der Waals surface area (Å²) in [5.41, 5.74) is 5.95. The fourth-order valence-electron chi connectivity index (χ4n) is 1.86. The number of hydrogen-bond donors (Lipinski definition) is 3. The van der Waals surface area contributed by atoms with E-state index in [0.29, 0.717) is 11.6 Å². The smallest absolute Gasteiger partial charge is 0.222 e. The zero-order valence-electron chi connectivity index (χ0n) is 13.0. The molecule has 1 aromatic carbocycles. The molecule has 22 heavy (non-hydrogen) atoms. The number of benzene rings is 1. The third-order valence-corrected chi connectivity index (χ3v) is 3.28. The summed E-state index contributed by atoms with van der Waals surface area (Å²) in [6, 6.07) is 6.66. The zero-order valence-corrected chi connectivity index (χ0v) is 14.6. The fraction of sp³-hybridized carbons (Fsp3) is 0.467. The highest BCUT2D eigenvalue weighted by molar-refractivity contribution is 6.30. The molecule has 0 spiro atoms. The van der Waals surface area contributed by atoms with Crippen molar-refractivity contribution in [3.8, 4) is 0 Å². The summed E-state index contributed by atoms with van der Waals surface area (Å²) < 4.78 is 0. The molecule has 1 unspecified atom stereocenters. The van der Waals surface area contributed by atoms with Crippen molar-refractivity contribution >= 4 is 35.8 Å². The number of halogens is 2. The Balaban J connectivity index is 0.00000441. The van der Waals surface area contributed by atoms with Crippen LogP contribution in [0.25, 0.3) is 0 Å². The number of nitrogens with one attached hydrogen (secondary N) is 2. The summed E-state index contributed by atoms with van der Waals surface area (Å²) in [5, 5.41) is 6.23. The molecule has 1 rings (SSSR count). The predicted octanol–water partition coefficient (Wildman–Crippen LogP) is 2.18. The van der Waals surface area contributed by atoms with Gasteiger partial charge in [0, 0.05) is 24.0 Å². The minimum atomic E-state index is -0.474. The maximum atomic E-state index is 12.1. The highest BCUT2D eigenvalue weighted by atomic mass is 35.5. The first-order valence-electron chi connectivity index (χ1n) is 6.77. The van der Waals surface area contributed by atoms with Gasteiger partial charge in [-0.25, -0.2) is 0 Å². The number of hydrogen-bond acceptors (Lipinski definition) is 3. The maximum Gasteiger partial charge on any atom is 0.222 e. The monoisotopic (exact) mass is 347 g/mol. The molecule has 124 valence electrons. The van der Waals surface area contributed by atoms with Crippen LogP contribution < -0.4 is 16.4 Å². The van der Waals surface area contributed by atoms with Gasteiger partial charge in [-0.05, 0) is 31.5 Å². The molecule has 0 fully saturated rings. The van der Waals surface area contributed by atoms with Crippen molar-refractivity contribution in [3.05, 3.63) is 34.9 Å². The maximum absolute atomic E-state index is 12.1. The molecule has 1 aromatic rings. The van der Waals surface area contributed by atoms with Crippen LogP contribution in [-0.2, 0) is 9.59 Å². The third kappa shape index (κ3) is 7.11. The predicted molar refractivity (Wildman–Crippen MR) is 91.2 cm³/mol. The van der Waals surface area contributed by atoms with Crippen LogP contribution in [0.3, 0.4) is 0 Å². The van der Waals surface area contributed by atoms with Gasteiger partial charge in [-0.2, -0.15) is 0 Å². The zero-order chi connectivity index (χ0) is 16.0. The Morgan fingerprint density at radius 3 is 2.27 bits per heavy atom. The van der Waals surface area contributed by atoms with Crippen molar-refractivity contribution in [3.63, 3.8) is 0 Å². The SMILES string of the molecule is CC(=O)NC(CC(=O)NC(C)(C)CN)c1ccc(Cl)cc1.Cl. The normalized spacial score (nSPS) is 12.0. The van der Waals surface area contributed by atoms with Crippen LogP contribution in [0.2, 0.25) is 5.02 Å². The van der Waals surface area contributed by atoms with Crippen molar-refractivity contribution in [2.24, 2.45) is 5.73 Å². The lowest BCUT2D eigenvalue weighted by Gasteiger charge is -2.26. The van der Waals surface area contributed by atoms with Crippen molar-refractivity contribution in [2.45, 2.75) is 38.8 Å². The first kappa shape index (κ1) is 20.7. The number of rotatable bonds is 6. The Labute approximate surface area is 142 Å². The second kappa shape index (κ2) is 8.98. The first-order chi connectivity index (χ1) is 9.73. The standard InChI is InChI=1S/C15H22ClN3O2.ClH/c1-10(20)18-13(11-4-6-12(16)7-5-11)8-14(21)19-15(2,3)9-17;/h4-7,13H,8-9,17H2,1-3H3,(H,18,20)(H,19,21);1H. The lowest BCUT2D eigenvalue weighted by atomic mass is 10.0. The molecule has 1 atom stereocenters. The van der Waals surface area contributed by atoms with E-state index in [-0.39, 0.29) is 30.6 Å². The summed E-state index contributed by atoms with van der Waals surface area (Å²) in [6.45, 7) is 5.45. The molecule has 0 radical (unpaired) electrons. The number of carbonyl (C=O) groups excluding carboxylic acids is 2. The van der Waals surface area contributed by atoms with Gasteiger partial charge in [-0.3, -0.25) is 9.59 Å². The van der Waals surface area contributed by atoms with Crippen LogP contribution in [0.1, 0.15) is 38.8 Å². The molecule has 4 N–H and O–H groups in total. The van der Waals surface area contributed by atoms with Crippen molar-refractivity contribution in [2.75, 3.05) is 6.54 Å². The van der Waals surface area contributed by atoms with E-state index in [2.05, 4.69) is 10.6 Å². The van der Waals surface area contributed by atoms with Crippen LogP contribution >= 0.6 is 24.0 Å². The third-order valence-electron chi connectivity index (χ3n) is 3.03. The van der Waals surface area contributed by atoms with Gasteiger partial charge in [0.1, 0.15) is 0 Å². The van der Waals surface area contributed by atoms with Gasteiger partial charge in [0.25, 0.3) is 0 Å². The van der Waals surface area contributed by atoms with Gasteiger partial charge in [0.15, 0.2) is 0 Å². The van der Waals surface area contributed by atoms with E-state index in [1.54, 1.807) is 24.3 Å². The van der Waals surface area contributed by atoms with Crippen molar-refractivity contribution < 1.29 is 9.59 Å². The Morgan fingerprint density at radius 1 is 1.27 bits per heavy atom. The molecule has 0 saturated carbocycles. The minimum Gasteiger partial charge on any atom is -0.350 e. The molecule has 0 bridgehead atoms. The van der Waals surface area contributed by atoms with Gasteiger partial charge in [-0.15, -0.1) is 12.4 Å². The lowest BCUT2D eigenvalue weighted by Crippen LogP contribution is -2.49. The molecule has 7 heteroatoms. The average molecular weight is 348 g/mol. The van der Waals surface area contributed by atoms with E-state index in [1.807, 2.05) is 13.8 Å². The highest BCUT2D eigenvalue weighted by Crippen LogP contribution is 2.20. The van der Waals surface area contributed by atoms with Gasteiger partial charge >= 0.3 is 0 Å². The molecule has 2 amide bonds. The summed E-state index contributed by atoms with van der Waals surface area (Å²) in [6.07, 6.45) is 0.143. The van der Waals surface area contributed by atoms with Gasteiger partial charge in [0.2, 0.25) is 11.8 Å². The number of amides is 2. The average Bonchev–Trinajstić information content (AvgIpc) is 2.37. The number of carbonyl (C=O) groups is 2. The van der Waals surface area contributed by atoms with Crippen LogP contribution in [0.15, 0.2) is 24.3 Å². The minimum absolute atomic E-state index is 0. The lowest BCUT2D eigenvalue weighted by molar-refractivity contribution is -0.124. The largest absolute Gasteiger partial charge is 0.350 e. The number of nitrogens with two attached hydrogens (primary N) is 1. The van der Waals surface area contributed by atoms with Crippen molar-refractivity contribution in [1.29, 1.82) is 0 Å². The molecular formula is C15H23Cl2N3O2. The van der Waals surface area contributed by atoms with E-state index in [9.17, 15) is 9.59 Å². The molecule has 0 aromatic heterocycles. The summed E-state index contributed by atoms with van der Waals surface area (Å²) in [5.74, 6) is -0.361. The van der Waals surface area contributed by atoms with E-state index < -0.39 is 11.6 Å². The summed E-state index contributed by atoms with van der Waals surface area (Å²) in [7, 11) is 0. The van der Waals surface area contributed by atoms with E-state index in [0.717, 1.165) is 5.56 Å². The molecule has 5 nitrogen and oxygen atoms in total. The molecule has 0 aliphatic heterocycles. The van der Waals surface area contributed by atoms with E-state index in [1.165, 1.54) is 6.92 Å². The van der Waals surface area contributed by atoms with Crippen LogP contribution in [0.5, 0.6) is 0 Å². The van der Waals surface area contributed by atoms with Crippen molar-refractivity contribution in [1.82, 2.24) is 10.6 Å². The Kier molecular flexibility index (Phi) is 8.45. The first-order valence-corrected chi connectivity index (χ1v) is 7.15. The van der Waals surface area contributed by atoms with Crippen LogP contribution in [0.4, 0.5) is 0 Å².